The molecular weight excluding hydrogens is 208 g/mol. The second kappa shape index (κ2) is 4.61. The Bertz CT molecular complexity index is 352. The highest BCUT2D eigenvalue weighted by atomic mass is 16.3. The molecule has 0 bridgehead atoms. The lowest BCUT2D eigenvalue weighted by Crippen LogP contribution is -2.41. The summed E-state index contributed by atoms with van der Waals surface area (Å²) in [5.41, 5.74) is 0. The van der Waals surface area contributed by atoms with Crippen molar-refractivity contribution in [3.63, 3.8) is 0 Å². The summed E-state index contributed by atoms with van der Waals surface area (Å²) in [5.74, 6) is 0.360. The minimum absolute atomic E-state index is 0.00565. The first kappa shape index (κ1) is 11.1. The lowest BCUT2D eigenvalue weighted by Gasteiger charge is -2.25. The summed E-state index contributed by atoms with van der Waals surface area (Å²) in [6, 6.07) is -0.0454. The van der Waals surface area contributed by atoms with E-state index in [2.05, 4.69) is 17.2 Å². The average molecular weight is 224 g/mol. The number of nitrogens with zero attached hydrogens (tertiary/aromatic N) is 4. The summed E-state index contributed by atoms with van der Waals surface area (Å²) in [4.78, 5) is 13.7. The van der Waals surface area contributed by atoms with Crippen LogP contribution < -0.4 is 0 Å². The number of hydrogen-bond donors (Lipinski definition) is 1. The molecule has 2 unspecified atom stereocenters. The van der Waals surface area contributed by atoms with Crippen LogP contribution in [0.25, 0.3) is 0 Å². The van der Waals surface area contributed by atoms with E-state index in [0.29, 0.717) is 5.92 Å². The highest BCUT2D eigenvalue weighted by molar-refractivity contribution is 5.76. The van der Waals surface area contributed by atoms with Gasteiger partial charge in [-0.2, -0.15) is 0 Å². The zero-order chi connectivity index (χ0) is 11.5. The fourth-order valence-electron chi connectivity index (χ4n) is 2.14. The highest BCUT2D eigenvalue weighted by Gasteiger charge is 2.33. The Hall–Kier alpha value is -1.43. The van der Waals surface area contributed by atoms with Crippen LogP contribution in [0.1, 0.15) is 13.3 Å². The SMILES string of the molecule is CC1CCN(C(=O)Cn2ccnn2)C1CO. The van der Waals surface area contributed by atoms with Crippen LogP contribution in [0.15, 0.2) is 12.4 Å². The number of aliphatic hydroxyl groups is 1. The van der Waals surface area contributed by atoms with Crippen LogP contribution in [-0.4, -0.2) is 50.1 Å². The van der Waals surface area contributed by atoms with E-state index in [-0.39, 0.29) is 25.1 Å². The van der Waals surface area contributed by atoms with E-state index in [1.165, 1.54) is 4.68 Å². The molecular formula is C10H16N4O2. The van der Waals surface area contributed by atoms with Crippen molar-refractivity contribution in [3.8, 4) is 0 Å². The van der Waals surface area contributed by atoms with Gasteiger partial charge in [-0.05, 0) is 12.3 Å². The van der Waals surface area contributed by atoms with E-state index in [1.54, 1.807) is 17.3 Å². The summed E-state index contributed by atoms with van der Waals surface area (Å²) in [5, 5.41) is 16.7. The summed E-state index contributed by atoms with van der Waals surface area (Å²) < 4.78 is 1.50. The van der Waals surface area contributed by atoms with Gasteiger partial charge in [-0.25, -0.2) is 4.68 Å². The Morgan fingerprint density at radius 3 is 3.06 bits per heavy atom. The normalized spacial score (nSPS) is 25.0. The summed E-state index contributed by atoms with van der Waals surface area (Å²) in [7, 11) is 0. The molecule has 1 fully saturated rings. The number of aromatic nitrogens is 3. The van der Waals surface area contributed by atoms with Gasteiger partial charge in [-0.3, -0.25) is 4.79 Å². The first-order valence-corrected chi connectivity index (χ1v) is 5.47. The maximum absolute atomic E-state index is 12.0. The van der Waals surface area contributed by atoms with Crippen molar-refractivity contribution in [1.29, 1.82) is 0 Å². The van der Waals surface area contributed by atoms with Crippen LogP contribution in [0.5, 0.6) is 0 Å². The van der Waals surface area contributed by atoms with Crippen LogP contribution >= 0.6 is 0 Å². The van der Waals surface area contributed by atoms with Gasteiger partial charge in [0.15, 0.2) is 0 Å². The lowest BCUT2D eigenvalue weighted by molar-refractivity contribution is -0.134. The van der Waals surface area contributed by atoms with Crippen LogP contribution in [0, 0.1) is 5.92 Å². The minimum atomic E-state index is -0.0454. The molecule has 16 heavy (non-hydrogen) atoms. The summed E-state index contributed by atoms with van der Waals surface area (Å²) in [6.07, 6.45) is 4.16. The van der Waals surface area contributed by atoms with Crippen LogP contribution in [0.2, 0.25) is 0 Å². The minimum Gasteiger partial charge on any atom is -0.394 e. The van der Waals surface area contributed by atoms with Crippen molar-refractivity contribution in [1.82, 2.24) is 19.9 Å². The molecule has 1 aliphatic rings. The molecule has 1 N–H and O–H groups in total. The number of hydrogen-bond acceptors (Lipinski definition) is 4. The largest absolute Gasteiger partial charge is 0.394 e. The molecule has 1 aromatic rings. The van der Waals surface area contributed by atoms with Crippen molar-refractivity contribution in [2.75, 3.05) is 13.2 Å². The maximum Gasteiger partial charge on any atom is 0.244 e. The zero-order valence-corrected chi connectivity index (χ0v) is 9.28. The van der Waals surface area contributed by atoms with Crippen molar-refractivity contribution < 1.29 is 9.90 Å². The predicted octanol–water partition coefficient (Wildman–Crippen LogP) is -0.493. The molecule has 1 aliphatic heterocycles. The Balaban J connectivity index is 1.99. The van der Waals surface area contributed by atoms with E-state index in [4.69, 9.17) is 0 Å². The fourth-order valence-corrected chi connectivity index (χ4v) is 2.14. The zero-order valence-electron chi connectivity index (χ0n) is 9.28. The highest BCUT2D eigenvalue weighted by Crippen LogP contribution is 2.23. The smallest absolute Gasteiger partial charge is 0.244 e. The van der Waals surface area contributed by atoms with Crippen LogP contribution in [-0.2, 0) is 11.3 Å². The van der Waals surface area contributed by atoms with Crippen molar-refractivity contribution in [2.24, 2.45) is 5.92 Å². The molecule has 88 valence electrons. The molecule has 2 rings (SSSR count). The molecule has 6 nitrogen and oxygen atoms in total. The second-order valence-electron chi connectivity index (χ2n) is 4.20. The molecule has 2 heterocycles. The lowest BCUT2D eigenvalue weighted by atomic mass is 10.0. The van der Waals surface area contributed by atoms with Gasteiger partial charge >= 0.3 is 0 Å². The van der Waals surface area contributed by atoms with Gasteiger partial charge < -0.3 is 10.0 Å². The summed E-state index contributed by atoms with van der Waals surface area (Å²) >= 11 is 0. The van der Waals surface area contributed by atoms with E-state index in [9.17, 15) is 9.90 Å². The third-order valence-corrected chi connectivity index (χ3v) is 3.16. The van der Waals surface area contributed by atoms with Crippen LogP contribution in [0.3, 0.4) is 0 Å². The third kappa shape index (κ3) is 2.06. The van der Waals surface area contributed by atoms with Crippen molar-refractivity contribution in [3.05, 3.63) is 12.4 Å². The van der Waals surface area contributed by atoms with E-state index >= 15 is 0 Å². The first-order chi connectivity index (χ1) is 7.72. The standard InChI is InChI=1S/C10H16N4O2/c1-8-2-4-14(9(8)7-15)10(16)6-13-5-3-11-12-13/h3,5,8-9,15H,2,4,6-7H2,1H3. The fraction of sp³-hybridized carbons (Fsp3) is 0.700. The number of likely N-dealkylation sites (tertiary alicyclic amines) is 1. The quantitative estimate of drug-likeness (QED) is 0.752. The molecule has 6 heteroatoms. The van der Waals surface area contributed by atoms with Crippen LogP contribution in [0.4, 0.5) is 0 Å². The maximum atomic E-state index is 12.0. The molecule has 0 saturated carbocycles. The van der Waals surface area contributed by atoms with Gasteiger partial charge in [0, 0.05) is 12.7 Å². The second-order valence-corrected chi connectivity index (χ2v) is 4.20. The van der Waals surface area contributed by atoms with Gasteiger partial charge in [0.05, 0.1) is 18.8 Å². The topological polar surface area (TPSA) is 71.2 Å². The van der Waals surface area contributed by atoms with E-state index < -0.39 is 0 Å². The first-order valence-electron chi connectivity index (χ1n) is 5.47. The molecule has 2 atom stereocenters. The molecule has 0 radical (unpaired) electrons. The number of carbonyl (C=O) groups excluding carboxylic acids is 1. The number of aliphatic hydroxyl groups excluding tert-OH is 1. The number of rotatable bonds is 3. The van der Waals surface area contributed by atoms with E-state index in [1.807, 2.05) is 0 Å². The number of carbonyl (C=O) groups is 1. The van der Waals surface area contributed by atoms with Gasteiger partial charge in [0.1, 0.15) is 6.54 Å². The van der Waals surface area contributed by atoms with Gasteiger partial charge in [-0.1, -0.05) is 12.1 Å². The summed E-state index contributed by atoms with van der Waals surface area (Å²) in [6.45, 7) is 3.01. The molecule has 1 saturated heterocycles. The molecule has 1 amide bonds. The monoisotopic (exact) mass is 224 g/mol. The predicted molar refractivity (Wildman–Crippen MR) is 56.4 cm³/mol. The van der Waals surface area contributed by atoms with E-state index in [0.717, 1.165) is 13.0 Å². The Morgan fingerprint density at radius 2 is 2.44 bits per heavy atom. The Morgan fingerprint density at radius 1 is 1.62 bits per heavy atom. The third-order valence-electron chi connectivity index (χ3n) is 3.16. The molecule has 0 aromatic carbocycles. The molecule has 0 spiro atoms. The molecule has 1 aromatic heterocycles. The average Bonchev–Trinajstić information content (AvgIpc) is 2.87. The Kier molecular flexibility index (Phi) is 3.19. The Labute approximate surface area is 93.9 Å². The van der Waals surface area contributed by atoms with Crippen molar-refractivity contribution >= 4 is 5.91 Å². The molecule has 0 aliphatic carbocycles. The van der Waals surface area contributed by atoms with Crippen molar-refractivity contribution in [2.45, 2.75) is 25.9 Å². The number of amides is 1. The van der Waals surface area contributed by atoms with Gasteiger partial charge in [-0.15, -0.1) is 5.10 Å². The van der Waals surface area contributed by atoms with Gasteiger partial charge in [0.2, 0.25) is 5.91 Å². The van der Waals surface area contributed by atoms with Gasteiger partial charge in [0.25, 0.3) is 0 Å².